The maximum absolute atomic E-state index is 10.2. The molecule has 0 aliphatic heterocycles. The molecule has 0 unspecified atom stereocenters. The second-order valence-corrected chi connectivity index (χ2v) is 4.64. The number of hydrogen-bond donors (Lipinski definition) is 7. The van der Waals surface area contributed by atoms with Gasteiger partial charge in [0.15, 0.2) is 11.9 Å². The number of aliphatic carboxylic acids is 1. The Morgan fingerprint density at radius 3 is 1.74 bits per heavy atom. The molecule has 0 bridgehead atoms. The van der Waals surface area contributed by atoms with Crippen molar-refractivity contribution in [3.05, 3.63) is 0 Å². The van der Waals surface area contributed by atoms with Crippen LogP contribution in [0.2, 0.25) is 0 Å². The van der Waals surface area contributed by atoms with Crippen LogP contribution in [0.5, 0.6) is 0 Å². The number of rotatable bonds is 10. The van der Waals surface area contributed by atoms with Gasteiger partial charge in [0, 0.05) is 13.1 Å². The van der Waals surface area contributed by atoms with Gasteiger partial charge in [-0.05, 0) is 25.7 Å². The highest BCUT2D eigenvalue weighted by molar-refractivity contribution is 5.76. The third-order valence-corrected chi connectivity index (χ3v) is 2.45. The van der Waals surface area contributed by atoms with Crippen LogP contribution in [0.25, 0.3) is 0 Å². The van der Waals surface area contributed by atoms with E-state index < -0.39 is 12.0 Å². The van der Waals surface area contributed by atoms with E-state index >= 15 is 0 Å². The maximum atomic E-state index is 10.2. The first kappa shape index (κ1) is 22.9. The van der Waals surface area contributed by atoms with E-state index in [-0.39, 0.29) is 18.0 Å². The van der Waals surface area contributed by atoms with Crippen molar-refractivity contribution in [2.75, 3.05) is 13.1 Å². The second kappa shape index (κ2) is 14.5. The van der Waals surface area contributed by atoms with Crippen LogP contribution in [0.4, 0.5) is 0 Å². The lowest BCUT2D eigenvalue weighted by Gasteiger charge is -2.03. The molecule has 0 aromatic heterocycles. The molecule has 11 heteroatoms. The number of hydrogen-bond acceptors (Lipinski definition) is 6. The Bertz CT molecular complexity index is 392. The van der Waals surface area contributed by atoms with Crippen molar-refractivity contribution in [2.24, 2.45) is 44.4 Å². The van der Waals surface area contributed by atoms with Crippen LogP contribution < -0.4 is 34.4 Å². The van der Waals surface area contributed by atoms with Crippen molar-refractivity contribution >= 4 is 24.2 Å². The van der Waals surface area contributed by atoms with Gasteiger partial charge in [0.05, 0.1) is 6.04 Å². The zero-order valence-corrected chi connectivity index (χ0v) is 13.1. The average molecular weight is 332 g/mol. The van der Waals surface area contributed by atoms with Gasteiger partial charge >= 0.3 is 5.97 Å². The lowest BCUT2D eigenvalue weighted by molar-refractivity contribution is -0.138. The SMILES string of the molecule is NC(N)=NCCC[C@H](N)C(=O)O.NC(N)=NCCC[C@H](N)C=O. The van der Waals surface area contributed by atoms with Crippen LogP contribution in [0, 0.1) is 0 Å². The summed E-state index contributed by atoms with van der Waals surface area (Å²) in [6.45, 7) is 0.952. The van der Waals surface area contributed by atoms with Crippen molar-refractivity contribution in [3.8, 4) is 0 Å². The zero-order valence-electron chi connectivity index (χ0n) is 13.1. The molecule has 0 radical (unpaired) electrons. The molecule has 0 fully saturated rings. The highest BCUT2D eigenvalue weighted by Crippen LogP contribution is 1.94. The maximum Gasteiger partial charge on any atom is 0.320 e. The Morgan fingerprint density at radius 1 is 0.957 bits per heavy atom. The van der Waals surface area contributed by atoms with Crippen molar-refractivity contribution in [1.29, 1.82) is 0 Å². The van der Waals surface area contributed by atoms with Crippen LogP contribution in [0.3, 0.4) is 0 Å². The summed E-state index contributed by atoms with van der Waals surface area (Å²) < 4.78 is 0. The van der Waals surface area contributed by atoms with Gasteiger partial charge in [-0.1, -0.05) is 0 Å². The molecule has 0 saturated heterocycles. The van der Waals surface area contributed by atoms with Gasteiger partial charge in [0.25, 0.3) is 0 Å². The lowest BCUT2D eigenvalue weighted by atomic mass is 10.2. The number of carbonyl (C=O) groups excluding carboxylic acids is 1. The van der Waals surface area contributed by atoms with Crippen molar-refractivity contribution < 1.29 is 14.7 Å². The van der Waals surface area contributed by atoms with Crippen LogP contribution in [-0.2, 0) is 9.59 Å². The van der Waals surface area contributed by atoms with Gasteiger partial charge < -0.3 is 44.3 Å². The first-order chi connectivity index (χ1) is 10.7. The van der Waals surface area contributed by atoms with E-state index in [2.05, 4.69) is 9.98 Å². The predicted molar refractivity (Wildman–Crippen MR) is 89.5 cm³/mol. The highest BCUT2D eigenvalue weighted by Gasteiger charge is 2.09. The molecule has 0 aliphatic rings. The van der Waals surface area contributed by atoms with E-state index in [9.17, 15) is 9.59 Å². The molecule has 23 heavy (non-hydrogen) atoms. The largest absolute Gasteiger partial charge is 0.480 e. The van der Waals surface area contributed by atoms with Crippen LogP contribution in [0.15, 0.2) is 9.98 Å². The second-order valence-electron chi connectivity index (χ2n) is 4.64. The van der Waals surface area contributed by atoms with Crippen LogP contribution in [0.1, 0.15) is 25.7 Å². The Morgan fingerprint density at radius 2 is 1.39 bits per heavy atom. The Labute approximate surface area is 135 Å². The molecule has 2 atom stereocenters. The molecule has 134 valence electrons. The number of nitrogens with zero attached hydrogens (tertiary/aromatic N) is 2. The fraction of sp³-hybridized carbons (Fsp3) is 0.667. The molecular weight excluding hydrogens is 304 g/mol. The van der Waals surface area contributed by atoms with E-state index in [0.717, 1.165) is 12.7 Å². The van der Waals surface area contributed by atoms with Crippen LogP contribution >= 0.6 is 0 Å². The molecule has 0 saturated carbocycles. The quantitative estimate of drug-likeness (QED) is 0.0933. The Kier molecular flexibility index (Phi) is 14.5. The molecular formula is C12H28N8O3. The summed E-state index contributed by atoms with van der Waals surface area (Å²) >= 11 is 0. The molecule has 13 N–H and O–H groups in total. The van der Waals surface area contributed by atoms with E-state index in [1.54, 1.807) is 0 Å². The monoisotopic (exact) mass is 332 g/mol. The predicted octanol–water partition coefficient (Wildman–Crippen LogP) is -2.98. The smallest absolute Gasteiger partial charge is 0.320 e. The number of carbonyl (C=O) groups is 2. The summed E-state index contributed by atoms with van der Waals surface area (Å²) in [5, 5.41) is 8.38. The van der Waals surface area contributed by atoms with Gasteiger partial charge in [0.1, 0.15) is 12.3 Å². The third-order valence-electron chi connectivity index (χ3n) is 2.45. The fourth-order valence-electron chi connectivity index (χ4n) is 1.25. The molecule has 0 aliphatic carbocycles. The summed E-state index contributed by atoms with van der Waals surface area (Å²) in [7, 11) is 0. The molecule has 11 nitrogen and oxygen atoms in total. The third kappa shape index (κ3) is 19.6. The summed E-state index contributed by atoms with van der Waals surface area (Å²) in [4.78, 5) is 27.7. The molecule has 0 aromatic carbocycles. The van der Waals surface area contributed by atoms with Crippen LogP contribution in [-0.4, -0.2) is 54.5 Å². The van der Waals surface area contributed by atoms with E-state index in [1.807, 2.05) is 0 Å². The number of carboxylic acid groups (broad SMARTS) is 1. The number of aldehydes is 1. The van der Waals surface area contributed by atoms with Gasteiger partial charge in [-0.25, -0.2) is 0 Å². The van der Waals surface area contributed by atoms with Crippen molar-refractivity contribution in [2.45, 2.75) is 37.8 Å². The Hall–Kier alpha value is -2.40. The summed E-state index contributed by atoms with van der Waals surface area (Å²) in [6.07, 6.45) is 3.03. The fourth-order valence-corrected chi connectivity index (χ4v) is 1.25. The molecule has 0 aromatic rings. The number of nitrogens with two attached hydrogens (primary N) is 6. The lowest BCUT2D eigenvalue weighted by Crippen LogP contribution is -2.30. The molecule has 0 amide bonds. The summed E-state index contributed by atoms with van der Waals surface area (Å²) in [5.74, 6) is -0.914. The van der Waals surface area contributed by atoms with Gasteiger partial charge in [0.2, 0.25) is 0 Å². The minimum absolute atomic E-state index is 0.0129. The zero-order chi connectivity index (χ0) is 18.3. The first-order valence-corrected chi connectivity index (χ1v) is 7.00. The van der Waals surface area contributed by atoms with E-state index in [1.165, 1.54) is 0 Å². The number of aliphatic imine (C=N–C) groups is 2. The van der Waals surface area contributed by atoms with E-state index in [4.69, 9.17) is 39.5 Å². The van der Waals surface area contributed by atoms with Crippen molar-refractivity contribution in [1.82, 2.24) is 0 Å². The molecule has 0 heterocycles. The Balaban J connectivity index is 0. The summed E-state index contributed by atoms with van der Waals surface area (Å²) in [5.41, 5.74) is 30.8. The highest BCUT2D eigenvalue weighted by atomic mass is 16.4. The first-order valence-electron chi connectivity index (χ1n) is 7.00. The standard InChI is InChI=1S/C6H14N4O2.C6H14N4O/c7-4(5(11)12)2-1-3-10-6(8)9;7-5(4-11)2-1-3-10-6(8)9/h4H,1-3,7H2,(H,11,12)(H4,8,9,10);4-5H,1-3,7H2,(H4,8,9,10)/t4-;5-/m00/s1. The molecule has 0 spiro atoms. The minimum Gasteiger partial charge on any atom is -0.480 e. The molecule has 0 rings (SSSR count). The normalized spacial score (nSPS) is 12.1. The number of guanidine groups is 2. The van der Waals surface area contributed by atoms with Crippen molar-refractivity contribution in [3.63, 3.8) is 0 Å². The van der Waals surface area contributed by atoms with Gasteiger partial charge in [-0.15, -0.1) is 0 Å². The minimum atomic E-state index is -1.00. The average Bonchev–Trinajstić information content (AvgIpc) is 2.47. The topological polar surface area (TPSA) is 235 Å². The van der Waals surface area contributed by atoms with E-state index in [0.29, 0.717) is 32.4 Å². The number of carboxylic acids is 1. The van der Waals surface area contributed by atoms with Gasteiger partial charge in [-0.3, -0.25) is 14.8 Å². The van der Waals surface area contributed by atoms with Gasteiger partial charge in [-0.2, -0.15) is 0 Å². The summed E-state index contributed by atoms with van der Waals surface area (Å²) in [6, 6.07) is -1.21.